The molecule has 0 radical (unpaired) electrons. The van der Waals surface area contributed by atoms with Crippen LogP contribution < -0.4 is 4.74 Å². The number of carbonyl (C=O) groups is 3. The maximum absolute atomic E-state index is 13.0. The number of nitrogens with zero attached hydrogens (tertiary/aromatic N) is 3. The van der Waals surface area contributed by atoms with Crippen LogP contribution in [-0.2, 0) is 33.8 Å². The summed E-state index contributed by atoms with van der Waals surface area (Å²) in [5, 5.41) is 9.90. The van der Waals surface area contributed by atoms with Gasteiger partial charge in [-0.2, -0.15) is 0 Å². The summed E-state index contributed by atoms with van der Waals surface area (Å²) < 4.78 is 7.63. The number of carboxylic acids is 1. The van der Waals surface area contributed by atoms with Crippen molar-refractivity contribution in [2.75, 3.05) is 33.8 Å². The van der Waals surface area contributed by atoms with Crippen molar-refractivity contribution in [3.8, 4) is 5.75 Å². The molecule has 1 heterocycles. The van der Waals surface area contributed by atoms with E-state index in [4.69, 9.17) is 4.74 Å². The average molecular weight is 554 g/mol. The zero-order valence-electron chi connectivity index (χ0n) is 23.4. The number of likely N-dealkylation sites (N-methyl/N-ethyl adjacent to an activating group) is 2. The van der Waals surface area contributed by atoms with Gasteiger partial charge in [-0.05, 0) is 48.2 Å². The minimum atomic E-state index is -1.07. The molecule has 0 saturated carbocycles. The van der Waals surface area contributed by atoms with Gasteiger partial charge in [-0.3, -0.25) is 9.59 Å². The van der Waals surface area contributed by atoms with Crippen LogP contribution >= 0.6 is 0 Å². The number of hydrogen-bond acceptors (Lipinski definition) is 4. The fourth-order valence-corrected chi connectivity index (χ4v) is 4.47. The predicted molar refractivity (Wildman–Crippen MR) is 160 cm³/mol. The van der Waals surface area contributed by atoms with E-state index in [1.54, 1.807) is 42.2 Å². The Labute approximate surface area is 240 Å². The molecule has 3 aromatic carbocycles. The van der Waals surface area contributed by atoms with Gasteiger partial charge in [0.1, 0.15) is 12.3 Å². The maximum atomic E-state index is 13.0. The summed E-state index contributed by atoms with van der Waals surface area (Å²) in [6, 6.07) is 25.3. The van der Waals surface area contributed by atoms with Gasteiger partial charge in [-0.25, -0.2) is 4.79 Å². The summed E-state index contributed by atoms with van der Waals surface area (Å²) in [5.41, 5.74) is 3.72. The van der Waals surface area contributed by atoms with Crippen LogP contribution in [0.2, 0.25) is 0 Å². The van der Waals surface area contributed by atoms with E-state index in [9.17, 15) is 19.5 Å². The third-order valence-electron chi connectivity index (χ3n) is 6.97. The van der Waals surface area contributed by atoms with Crippen LogP contribution in [0.5, 0.6) is 5.75 Å². The van der Waals surface area contributed by atoms with Crippen molar-refractivity contribution in [1.29, 1.82) is 0 Å². The summed E-state index contributed by atoms with van der Waals surface area (Å²) in [5.74, 6) is -0.791. The molecule has 1 aromatic heterocycles. The highest BCUT2D eigenvalue weighted by molar-refractivity contribution is 5.95. The van der Waals surface area contributed by atoms with Gasteiger partial charge in [0.25, 0.3) is 5.91 Å². The minimum absolute atomic E-state index is 0.0592. The van der Waals surface area contributed by atoms with Crippen LogP contribution in [0.25, 0.3) is 17.0 Å². The predicted octanol–water partition coefficient (Wildman–Crippen LogP) is 4.52. The lowest BCUT2D eigenvalue weighted by Crippen LogP contribution is -2.33. The minimum Gasteiger partial charge on any atom is -0.484 e. The van der Waals surface area contributed by atoms with E-state index in [0.29, 0.717) is 24.4 Å². The fourth-order valence-electron chi connectivity index (χ4n) is 4.47. The number of ether oxygens (including phenoxy) is 1. The van der Waals surface area contributed by atoms with Gasteiger partial charge < -0.3 is 24.2 Å². The van der Waals surface area contributed by atoms with Gasteiger partial charge in [0.05, 0.1) is 0 Å². The van der Waals surface area contributed by atoms with Crippen molar-refractivity contribution in [2.45, 2.75) is 19.4 Å². The molecule has 2 amide bonds. The number of carbonyl (C=O) groups excluding carboxylic acids is 2. The van der Waals surface area contributed by atoms with Gasteiger partial charge in [-0.15, -0.1) is 0 Å². The van der Waals surface area contributed by atoms with E-state index < -0.39 is 5.97 Å². The second-order valence-corrected chi connectivity index (χ2v) is 9.95. The molecule has 0 aliphatic rings. The van der Waals surface area contributed by atoms with E-state index in [-0.39, 0.29) is 25.0 Å². The summed E-state index contributed by atoms with van der Waals surface area (Å²) in [7, 11) is 3.53. The molecule has 8 nitrogen and oxygen atoms in total. The quantitative estimate of drug-likeness (QED) is 0.246. The van der Waals surface area contributed by atoms with Gasteiger partial charge in [0.2, 0.25) is 5.91 Å². The number of carboxylic acid groups (broad SMARTS) is 1. The molecular weight excluding hydrogens is 518 g/mol. The monoisotopic (exact) mass is 553 g/mol. The zero-order valence-corrected chi connectivity index (χ0v) is 23.4. The maximum Gasteiger partial charge on any atom is 0.328 e. The zero-order chi connectivity index (χ0) is 29.2. The van der Waals surface area contributed by atoms with Crippen molar-refractivity contribution >= 4 is 34.8 Å². The van der Waals surface area contributed by atoms with E-state index in [1.807, 2.05) is 71.3 Å². The van der Waals surface area contributed by atoms with Crippen molar-refractivity contribution < 1.29 is 24.2 Å². The third kappa shape index (κ3) is 8.32. The van der Waals surface area contributed by atoms with E-state index in [2.05, 4.69) is 0 Å². The highest BCUT2D eigenvalue weighted by atomic mass is 16.5. The molecular formula is C33H35N3O5. The molecule has 0 fully saturated rings. The molecule has 0 atom stereocenters. The molecule has 4 aromatic rings. The van der Waals surface area contributed by atoms with Crippen LogP contribution in [-0.4, -0.2) is 71.0 Å². The Bertz CT molecular complexity index is 1510. The first-order valence-electron chi connectivity index (χ1n) is 13.5. The Balaban J connectivity index is 1.43. The fraction of sp³-hybridized carbons (Fsp3) is 0.242. The lowest BCUT2D eigenvalue weighted by molar-refractivity contribution is -0.132. The number of fused-ring (bicyclic) bond motifs is 1. The molecule has 4 rings (SSSR count). The molecule has 0 aliphatic carbocycles. The molecule has 0 bridgehead atoms. The number of amides is 2. The highest BCUT2D eigenvalue weighted by Gasteiger charge is 2.15. The second-order valence-electron chi connectivity index (χ2n) is 9.95. The first-order valence-corrected chi connectivity index (χ1v) is 13.5. The van der Waals surface area contributed by atoms with Crippen molar-refractivity contribution in [1.82, 2.24) is 14.4 Å². The van der Waals surface area contributed by atoms with Crippen LogP contribution in [0.15, 0.2) is 91.1 Å². The molecule has 41 heavy (non-hydrogen) atoms. The lowest BCUT2D eigenvalue weighted by Gasteiger charge is -2.18. The van der Waals surface area contributed by atoms with Crippen molar-refractivity contribution in [3.05, 3.63) is 108 Å². The Morgan fingerprint density at radius 3 is 2.00 bits per heavy atom. The van der Waals surface area contributed by atoms with E-state index in [0.717, 1.165) is 40.9 Å². The van der Waals surface area contributed by atoms with Crippen LogP contribution in [0.4, 0.5) is 0 Å². The SMILES string of the molecule is CN(CCc1ccccc1)C(=O)COc1ccc2c(c1)c(C=CC(=O)O)cn2CC(=O)N(C)CCc1ccccc1. The average Bonchev–Trinajstić information content (AvgIpc) is 3.33. The largest absolute Gasteiger partial charge is 0.484 e. The van der Waals surface area contributed by atoms with Crippen LogP contribution in [0.3, 0.4) is 0 Å². The number of aliphatic carboxylic acids is 1. The molecule has 0 saturated heterocycles. The smallest absolute Gasteiger partial charge is 0.328 e. The number of benzene rings is 3. The van der Waals surface area contributed by atoms with Crippen LogP contribution in [0, 0.1) is 0 Å². The summed E-state index contributed by atoms with van der Waals surface area (Å²) in [6.07, 6.45) is 5.83. The number of rotatable bonds is 13. The van der Waals surface area contributed by atoms with Gasteiger partial charge in [-0.1, -0.05) is 60.7 Å². The van der Waals surface area contributed by atoms with Crippen molar-refractivity contribution in [3.63, 3.8) is 0 Å². The highest BCUT2D eigenvalue weighted by Crippen LogP contribution is 2.27. The van der Waals surface area contributed by atoms with Crippen molar-refractivity contribution in [2.24, 2.45) is 0 Å². The third-order valence-corrected chi connectivity index (χ3v) is 6.97. The molecule has 1 N–H and O–H groups in total. The summed E-state index contributed by atoms with van der Waals surface area (Å²) in [4.78, 5) is 40.2. The van der Waals surface area contributed by atoms with Gasteiger partial charge >= 0.3 is 5.97 Å². The number of hydrogen-bond donors (Lipinski definition) is 1. The Morgan fingerprint density at radius 1 is 0.829 bits per heavy atom. The summed E-state index contributed by atoms with van der Waals surface area (Å²) in [6.45, 7) is 1.14. The lowest BCUT2D eigenvalue weighted by atomic mass is 10.1. The second kappa shape index (κ2) is 14.0. The number of aromatic nitrogens is 1. The first-order chi connectivity index (χ1) is 19.8. The first kappa shape index (κ1) is 29.1. The van der Waals surface area contributed by atoms with E-state index >= 15 is 0 Å². The normalized spacial score (nSPS) is 11.1. The van der Waals surface area contributed by atoms with Gasteiger partial charge in [0.15, 0.2) is 6.61 Å². The standard InChI is InChI=1S/C33H35N3O5/c1-34(19-17-25-9-5-3-6-10-25)31(37)23-36-22-27(13-16-33(39)40)29-21-28(14-15-30(29)36)41-24-32(38)35(2)20-18-26-11-7-4-8-12-26/h3-16,21-22H,17-20,23-24H2,1-2H3,(H,39,40). The molecule has 212 valence electrons. The van der Waals surface area contributed by atoms with Gasteiger partial charge in [0, 0.05) is 55.9 Å². The Hall–Kier alpha value is -4.85. The molecule has 0 aliphatic heterocycles. The Kier molecular flexibility index (Phi) is 9.94. The van der Waals surface area contributed by atoms with E-state index in [1.165, 1.54) is 6.08 Å². The van der Waals surface area contributed by atoms with Crippen LogP contribution in [0.1, 0.15) is 16.7 Å². The topological polar surface area (TPSA) is 92.1 Å². The Morgan fingerprint density at radius 2 is 1.41 bits per heavy atom. The molecule has 8 heteroatoms. The molecule has 0 spiro atoms. The summed E-state index contributed by atoms with van der Waals surface area (Å²) >= 11 is 0. The molecule has 0 unspecified atom stereocenters.